The van der Waals surface area contributed by atoms with E-state index in [-0.39, 0.29) is 24.2 Å². The molecule has 2 fully saturated rings. The number of fused-ring (bicyclic) bond motifs is 1. The predicted octanol–water partition coefficient (Wildman–Crippen LogP) is 4.26. The molecule has 1 aromatic rings. The standard InChI is InChI=1S/C20H29N3O2/c1-14(15-10-6-5-7-11-15)21-18-22-16-12-8-9-13-17(16)23(18)19(24)25-20(2,3)4/h5-7,10-11,14,16-17H,8-9,12-13H2,1-4H3,(H,21,22)/t14-,16?,17?/m0/s1. The number of nitrogens with zero attached hydrogens (tertiary/aromatic N) is 2. The molecule has 1 heterocycles. The number of hydrogen-bond acceptors (Lipinski definition) is 3. The fourth-order valence-electron chi connectivity index (χ4n) is 3.60. The average molecular weight is 343 g/mol. The molecular weight excluding hydrogens is 314 g/mol. The number of benzene rings is 1. The highest BCUT2D eigenvalue weighted by molar-refractivity contribution is 5.97. The monoisotopic (exact) mass is 343 g/mol. The predicted molar refractivity (Wildman–Crippen MR) is 99.5 cm³/mol. The van der Waals surface area contributed by atoms with Crippen LogP contribution in [0.4, 0.5) is 4.79 Å². The van der Waals surface area contributed by atoms with Gasteiger partial charge in [-0.15, -0.1) is 0 Å². The maximum Gasteiger partial charge on any atom is 0.417 e. The van der Waals surface area contributed by atoms with Gasteiger partial charge in [0.25, 0.3) is 0 Å². The molecule has 1 N–H and O–H groups in total. The van der Waals surface area contributed by atoms with Crippen LogP contribution in [0.3, 0.4) is 0 Å². The Morgan fingerprint density at radius 3 is 2.60 bits per heavy atom. The molecular formula is C20H29N3O2. The molecule has 3 rings (SSSR count). The first-order valence-corrected chi connectivity index (χ1v) is 9.26. The first kappa shape index (κ1) is 17.8. The number of amides is 1. The summed E-state index contributed by atoms with van der Waals surface area (Å²) >= 11 is 0. The molecule has 5 nitrogen and oxygen atoms in total. The van der Waals surface area contributed by atoms with E-state index in [1.165, 1.54) is 6.42 Å². The molecule has 0 spiro atoms. The van der Waals surface area contributed by atoms with Crippen molar-refractivity contribution in [3.05, 3.63) is 35.9 Å². The van der Waals surface area contributed by atoms with Crippen molar-refractivity contribution in [1.82, 2.24) is 10.2 Å². The number of aliphatic imine (C=N–C) groups is 1. The summed E-state index contributed by atoms with van der Waals surface area (Å²) in [6, 6.07) is 10.6. The van der Waals surface area contributed by atoms with Crippen molar-refractivity contribution in [2.45, 2.75) is 77.1 Å². The Labute approximate surface area is 150 Å². The zero-order valence-corrected chi connectivity index (χ0v) is 15.7. The first-order chi connectivity index (χ1) is 11.8. The number of carbonyl (C=O) groups is 1. The Morgan fingerprint density at radius 2 is 1.92 bits per heavy atom. The topological polar surface area (TPSA) is 53.9 Å². The Morgan fingerprint density at radius 1 is 1.24 bits per heavy atom. The van der Waals surface area contributed by atoms with E-state index in [0.29, 0.717) is 5.96 Å². The Bertz CT molecular complexity index is 636. The highest BCUT2D eigenvalue weighted by Crippen LogP contribution is 2.30. The molecule has 0 aromatic heterocycles. The zero-order chi connectivity index (χ0) is 18.0. The minimum atomic E-state index is -0.514. The number of ether oxygens (including phenoxy) is 1. The van der Waals surface area contributed by atoms with Crippen LogP contribution >= 0.6 is 0 Å². The molecule has 136 valence electrons. The van der Waals surface area contributed by atoms with Gasteiger partial charge in [-0.3, -0.25) is 0 Å². The maximum absolute atomic E-state index is 12.8. The third kappa shape index (κ3) is 4.14. The first-order valence-electron chi connectivity index (χ1n) is 9.26. The van der Waals surface area contributed by atoms with Crippen LogP contribution in [0.2, 0.25) is 0 Å². The lowest BCUT2D eigenvalue weighted by Crippen LogP contribution is -2.45. The van der Waals surface area contributed by atoms with E-state index in [4.69, 9.17) is 9.73 Å². The van der Waals surface area contributed by atoms with Crippen LogP contribution in [0.1, 0.15) is 65.0 Å². The van der Waals surface area contributed by atoms with Gasteiger partial charge in [0.15, 0.2) is 0 Å². The second-order valence-electron chi connectivity index (χ2n) is 7.99. The van der Waals surface area contributed by atoms with Crippen LogP contribution in [0, 0.1) is 0 Å². The summed E-state index contributed by atoms with van der Waals surface area (Å²) in [5, 5.41) is 3.49. The molecule has 25 heavy (non-hydrogen) atoms. The van der Waals surface area contributed by atoms with Crippen molar-refractivity contribution in [3.63, 3.8) is 0 Å². The molecule has 1 aliphatic carbocycles. The highest BCUT2D eigenvalue weighted by Gasteiger charge is 2.44. The third-order valence-electron chi connectivity index (χ3n) is 4.79. The molecule has 2 unspecified atom stereocenters. The maximum atomic E-state index is 12.8. The summed E-state index contributed by atoms with van der Waals surface area (Å²) in [5.74, 6) is 0.655. The van der Waals surface area contributed by atoms with Gasteiger partial charge < -0.3 is 10.1 Å². The van der Waals surface area contributed by atoms with E-state index in [2.05, 4.69) is 24.4 Å². The van der Waals surface area contributed by atoms with Gasteiger partial charge in [-0.25, -0.2) is 14.7 Å². The summed E-state index contributed by atoms with van der Waals surface area (Å²) in [5.41, 5.74) is 0.621. The van der Waals surface area contributed by atoms with Crippen molar-refractivity contribution in [1.29, 1.82) is 0 Å². The second-order valence-corrected chi connectivity index (χ2v) is 7.99. The lowest BCUT2D eigenvalue weighted by Gasteiger charge is -2.31. The molecule has 0 radical (unpaired) electrons. The van der Waals surface area contributed by atoms with Gasteiger partial charge in [0.05, 0.1) is 18.1 Å². The summed E-state index contributed by atoms with van der Waals surface area (Å²) in [4.78, 5) is 19.4. The average Bonchev–Trinajstić information content (AvgIpc) is 2.92. The van der Waals surface area contributed by atoms with Crippen molar-refractivity contribution in [2.75, 3.05) is 0 Å². The number of nitrogens with one attached hydrogen (secondary N) is 1. The number of guanidine groups is 1. The highest BCUT2D eigenvalue weighted by atomic mass is 16.6. The van der Waals surface area contributed by atoms with Crippen LogP contribution in [0.25, 0.3) is 0 Å². The van der Waals surface area contributed by atoms with Gasteiger partial charge in [-0.2, -0.15) is 0 Å². The zero-order valence-electron chi connectivity index (χ0n) is 15.7. The molecule has 5 heteroatoms. The molecule has 3 atom stereocenters. The van der Waals surface area contributed by atoms with E-state index >= 15 is 0 Å². The van der Waals surface area contributed by atoms with Crippen LogP contribution in [0.5, 0.6) is 0 Å². The molecule has 1 aromatic carbocycles. The Kier molecular flexibility index (Phi) is 5.02. The third-order valence-corrected chi connectivity index (χ3v) is 4.79. The van der Waals surface area contributed by atoms with Crippen LogP contribution in [0.15, 0.2) is 35.3 Å². The quantitative estimate of drug-likeness (QED) is 0.873. The summed E-state index contributed by atoms with van der Waals surface area (Å²) in [7, 11) is 0. The fourth-order valence-corrected chi connectivity index (χ4v) is 3.60. The molecule has 0 bridgehead atoms. The number of rotatable bonds is 2. The Hall–Kier alpha value is -2.04. The van der Waals surface area contributed by atoms with Crippen molar-refractivity contribution >= 4 is 12.1 Å². The number of hydrogen-bond donors (Lipinski definition) is 1. The normalized spacial score (nSPS) is 26.1. The Balaban J connectivity index is 1.87. The van der Waals surface area contributed by atoms with Gasteiger partial charge in [-0.1, -0.05) is 43.2 Å². The van der Waals surface area contributed by atoms with E-state index in [9.17, 15) is 4.79 Å². The minimum absolute atomic E-state index is 0.0196. The van der Waals surface area contributed by atoms with Gasteiger partial charge in [-0.05, 0) is 46.1 Å². The molecule has 1 saturated heterocycles. The lowest BCUT2D eigenvalue weighted by molar-refractivity contribution is 0.0304. The van der Waals surface area contributed by atoms with Crippen molar-refractivity contribution in [2.24, 2.45) is 4.99 Å². The van der Waals surface area contributed by atoms with Gasteiger partial charge in [0.2, 0.25) is 5.96 Å². The van der Waals surface area contributed by atoms with Crippen LogP contribution < -0.4 is 5.32 Å². The van der Waals surface area contributed by atoms with Crippen LogP contribution in [-0.2, 0) is 4.74 Å². The van der Waals surface area contributed by atoms with Gasteiger partial charge >= 0.3 is 6.09 Å². The van der Waals surface area contributed by atoms with Crippen LogP contribution in [-0.4, -0.2) is 34.6 Å². The van der Waals surface area contributed by atoms with Gasteiger partial charge in [0.1, 0.15) is 5.60 Å². The fraction of sp³-hybridized carbons (Fsp3) is 0.600. The van der Waals surface area contributed by atoms with E-state index in [0.717, 1.165) is 24.8 Å². The minimum Gasteiger partial charge on any atom is -0.443 e. The largest absolute Gasteiger partial charge is 0.443 e. The van der Waals surface area contributed by atoms with E-state index in [1.807, 2.05) is 39.0 Å². The second kappa shape index (κ2) is 7.06. The van der Waals surface area contributed by atoms with E-state index < -0.39 is 5.60 Å². The molecule has 1 amide bonds. The van der Waals surface area contributed by atoms with Crippen molar-refractivity contribution < 1.29 is 9.53 Å². The molecule has 1 aliphatic heterocycles. The molecule has 1 saturated carbocycles. The smallest absolute Gasteiger partial charge is 0.417 e. The number of carbonyl (C=O) groups excluding carboxylic acids is 1. The molecule has 2 aliphatic rings. The van der Waals surface area contributed by atoms with E-state index in [1.54, 1.807) is 4.90 Å². The van der Waals surface area contributed by atoms with Gasteiger partial charge in [0, 0.05) is 0 Å². The lowest BCUT2D eigenvalue weighted by atomic mass is 9.91. The summed E-state index contributed by atoms with van der Waals surface area (Å²) in [6.07, 6.45) is 4.10. The van der Waals surface area contributed by atoms with Crippen molar-refractivity contribution in [3.8, 4) is 0 Å². The summed E-state index contributed by atoms with van der Waals surface area (Å²) in [6.45, 7) is 7.75. The SMILES string of the molecule is C[C@H](N=C1NC2CCCCC2N1C(=O)OC(C)(C)C)c1ccccc1. The summed E-state index contributed by atoms with van der Waals surface area (Å²) < 4.78 is 5.65.